The second-order valence-electron chi connectivity index (χ2n) is 9.26. The molecule has 3 rings (SSSR count). The molecule has 0 amide bonds. The predicted molar refractivity (Wildman–Crippen MR) is 129 cm³/mol. The van der Waals surface area contributed by atoms with Gasteiger partial charge in [-0.15, -0.1) is 0 Å². The van der Waals surface area contributed by atoms with Crippen LogP contribution in [0.4, 0.5) is 0 Å². The van der Waals surface area contributed by atoms with E-state index < -0.39 is 0 Å². The molecule has 1 saturated carbocycles. The van der Waals surface area contributed by atoms with Crippen LogP contribution in [-0.2, 0) is 17.8 Å². The quantitative estimate of drug-likeness (QED) is 0.442. The molecule has 2 fully saturated rings. The molecule has 0 radical (unpaired) electrons. The number of nitrogens with zero attached hydrogens (tertiary/aromatic N) is 3. The summed E-state index contributed by atoms with van der Waals surface area (Å²) in [7, 11) is 3.65. The minimum absolute atomic E-state index is 0.359. The van der Waals surface area contributed by atoms with E-state index in [1.807, 2.05) is 7.05 Å². The molecule has 2 N–H and O–H groups in total. The molecule has 31 heavy (non-hydrogen) atoms. The molecule has 0 bridgehead atoms. The highest BCUT2D eigenvalue weighted by atomic mass is 16.5. The maximum atomic E-state index is 5.36. The molecule has 1 aliphatic carbocycles. The molecule has 6 heteroatoms. The fourth-order valence-corrected chi connectivity index (χ4v) is 4.92. The lowest BCUT2D eigenvalue weighted by Crippen LogP contribution is -2.45. The van der Waals surface area contributed by atoms with Crippen molar-refractivity contribution in [3.8, 4) is 0 Å². The topological polar surface area (TPSA) is 52.1 Å². The monoisotopic (exact) mass is 429 g/mol. The van der Waals surface area contributed by atoms with Gasteiger partial charge in [0, 0.05) is 66.6 Å². The molecular weight excluding hydrogens is 386 g/mol. The van der Waals surface area contributed by atoms with Crippen molar-refractivity contribution < 1.29 is 4.74 Å². The smallest absolute Gasteiger partial charge is 0.191 e. The van der Waals surface area contributed by atoms with Gasteiger partial charge < -0.3 is 20.3 Å². The molecular formula is C25H43N5O. The van der Waals surface area contributed by atoms with Crippen molar-refractivity contribution >= 4 is 5.96 Å². The Balaban J connectivity index is 1.42. The molecule has 1 saturated heterocycles. The maximum Gasteiger partial charge on any atom is 0.191 e. The van der Waals surface area contributed by atoms with Crippen LogP contribution in [0.1, 0.15) is 50.2 Å². The van der Waals surface area contributed by atoms with Gasteiger partial charge in [-0.2, -0.15) is 0 Å². The number of nitrogens with one attached hydrogen (secondary N) is 2. The fraction of sp³-hybridized carbons (Fsp3) is 0.720. The fourth-order valence-electron chi connectivity index (χ4n) is 4.92. The first kappa shape index (κ1) is 24.0. The number of piperazine rings is 1. The predicted octanol–water partition coefficient (Wildman–Crippen LogP) is 3.09. The lowest BCUT2D eigenvalue weighted by Gasteiger charge is -2.34. The van der Waals surface area contributed by atoms with Crippen LogP contribution in [0.15, 0.2) is 29.3 Å². The Morgan fingerprint density at radius 2 is 1.65 bits per heavy atom. The van der Waals surface area contributed by atoms with E-state index in [9.17, 15) is 0 Å². The van der Waals surface area contributed by atoms with Gasteiger partial charge in [0.25, 0.3) is 0 Å². The number of hydrogen-bond acceptors (Lipinski definition) is 4. The molecule has 0 unspecified atom stereocenters. The Morgan fingerprint density at radius 3 is 2.26 bits per heavy atom. The van der Waals surface area contributed by atoms with Gasteiger partial charge in [0.2, 0.25) is 0 Å². The molecule has 1 aliphatic heterocycles. The lowest BCUT2D eigenvalue weighted by molar-refractivity contribution is 0.132. The number of hydrogen-bond donors (Lipinski definition) is 2. The minimum Gasteiger partial charge on any atom is -0.385 e. The Labute approximate surface area is 189 Å². The van der Waals surface area contributed by atoms with Crippen LogP contribution < -0.4 is 10.6 Å². The molecule has 174 valence electrons. The van der Waals surface area contributed by atoms with Crippen LogP contribution in [0.2, 0.25) is 0 Å². The zero-order chi connectivity index (χ0) is 21.9. The van der Waals surface area contributed by atoms with E-state index in [2.05, 4.69) is 56.6 Å². The van der Waals surface area contributed by atoms with Gasteiger partial charge in [-0.3, -0.25) is 9.89 Å². The van der Waals surface area contributed by atoms with Crippen LogP contribution in [0.25, 0.3) is 0 Å². The van der Waals surface area contributed by atoms with Crippen LogP contribution in [0.5, 0.6) is 0 Å². The van der Waals surface area contributed by atoms with E-state index in [1.165, 1.54) is 69.5 Å². The van der Waals surface area contributed by atoms with E-state index in [4.69, 9.17) is 4.74 Å². The molecule has 1 aromatic rings. The van der Waals surface area contributed by atoms with Crippen molar-refractivity contribution in [3.63, 3.8) is 0 Å². The van der Waals surface area contributed by atoms with Crippen molar-refractivity contribution in [1.82, 2.24) is 20.4 Å². The SMILES string of the molecule is CCN1CCN(Cc2ccc(CNC(=NC)NCC3(CCOC)CCCC3)cc2)CC1. The summed E-state index contributed by atoms with van der Waals surface area (Å²) in [6, 6.07) is 9.04. The first-order valence-corrected chi connectivity index (χ1v) is 12.1. The Bertz CT molecular complexity index is 661. The van der Waals surface area contributed by atoms with Gasteiger partial charge >= 0.3 is 0 Å². The Morgan fingerprint density at radius 1 is 1.00 bits per heavy atom. The summed E-state index contributed by atoms with van der Waals surface area (Å²) in [6.07, 6.45) is 6.36. The van der Waals surface area contributed by atoms with Gasteiger partial charge in [-0.05, 0) is 42.3 Å². The van der Waals surface area contributed by atoms with Gasteiger partial charge in [0.15, 0.2) is 5.96 Å². The maximum absolute atomic E-state index is 5.36. The normalized spacial score (nSPS) is 20.2. The van der Waals surface area contributed by atoms with Crippen LogP contribution in [0, 0.1) is 5.41 Å². The third-order valence-corrected chi connectivity index (χ3v) is 7.16. The summed E-state index contributed by atoms with van der Waals surface area (Å²) < 4.78 is 5.36. The Kier molecular flexibility index (Phi) is 9.62. The largest absolute Gasteiger partial charge is 0.385 e. The zero-order valence-corrected chi connectivity index (χ0v) is 20.0. The molecule has 1 aromatic carbocycles. The molecule has 0 atom stereocenters. The summed E-state index contributed by atoms with van der Waals surface area (Å²) in [6.45, 7) is 11.8. The molecule has 0 spiro atoms. The number of aliphatic imine (C=N–C) groups is 1. The molecule has 2 aliphatic rings. The van der Waals surface area contributed by atoms with Gasteiger partial charge in [0.1, 0.15) is 0 Å². The van der Waals surface area contributed by atoms with Crippen molar-refractivity contribution in [2.24, 2.45) is 10.4 Å². The van der Waals surface area contributed by atoms with Crippen molar-refractivity contribution in [2.75, 3.05) is 60.0 Å². The third kappa shape index (κ3) is 7.48. The third-order valence-electron chi connectivity index (χ3n) is 7.16. The number of guanidine groups is 1. The van der Waals surface area contributed by atoms with E-state index in [-0.39, 0.29) is 0 Å². The Hall–Kier alpha value is -1.63. The zero-order valence-electron chi connectivity index (χ0n) is 20.0. The lowest BCUT2D eigenvalue weighted by atomic mass is 9.83. The van der Waals surface area contributed by atoms with Crippen LogP contribution in [-0.4, -0.2) is 75.8 Å². The van der Waals surface area contributed by atoms with Gasteiger partial charge in [-0.25, -0.2) is 0 Å². The van der Waals surface area contributed by atoms with E-state index >= 15 is 0 Å². The summed E-state index contributed by atoms with van der Waals surface area (Å²) in [5.74, 6) is 0.890. The average Bonchev–Trinajstić information content (AvgIpc) is 3.28. The first-order chi connectivity index (χ1) is 15.2. The first-order valence-electron chi connectivity index (χ1n) is 12.1. The second-order valence-corrected chi connectivity index (χ2v) is 9.26. The number of benzene rings is 1. The standard InChI is InChI=1S/C25H43N5O/c1-4-29-14-16-30(17-15-29)20-23-9-7-22(8-10-23)19-27-24(26-2)28-21-25(13-18-31-3)11-5-6-12-25/h7-10H,4-6,11-21H2,1-3H3,(H2,26,27,28). The highest BCUT2D eigenvalue weighted by Crippen LogP contribution is 2.40. The number of rotatable bonds is 10. The van der Waals surface area contributed by atoms with E-state index in [0.717, 1.165) is 38.6 Å². The van der Waals surface area contributed by atoms with Gasteiger partial charge in [-0.1, -0.05) is 44.0 Å². The molecule has 1 heterocycles. The number of ether oxygens (including phenoxy) is 1. The van der Waals surface area contributed by atoms with Crippen LogP contribution >= 0.6 is 0 Å². The van der Waals surface area contributed by atoms with E-state index in [1.54, 1.807) is 7.11 Å². The van der Waals surface area contributed by atoms with E-state index in [0.29, 0.717) is 5.41 Å². The number of likely N-dealkylation sites (N-methyl/N-ethyl adjacent to an activating group) is 1. The summed E-state index contributed by atoms with van der Waals surface area (Å²) >= 11 is 0. The van der Waals surface area contributed by atoms with Crippen molar-refractivity contribution in [1.29, 1.82) is 0 Å². The number of methoxy groups -OCH3 is 1. The summed E-state index contributed by atoms with van der Waals surface area (Å²) in [5, 5.41) is 7.06. The van der Waals surface area contributed by atoms with Crippen molar-refractivity contribution in [3.05, 3.63) is 35.4 Å². The minimum atomic E-state index is 0.359. The second kappa shape index (κ2) is 12.4. The molecule has 0 aromatic heterocycles. The van der Waals surface area contributed by atoms with Gasteiger partial charge in [0.05, 0.1) is 0 Å². The highest BCUT2D eigenvalue weighted by molar-refractivity contribution is 5.79. The summed E-state index contributed by atoms with van der Waals surface area (Å²) in [5.41, 5.74) is 3.05. The average molecular weight is 430 g/mol. The highest BCUT2D eigenvalue weighted by Gasteiger charge is 2.33. The molecule has 6 nitrogen and oxygen atoms in total. The van der Waals surface area contributed by atoms with Crippen molar-refractivity contribution in [2.45, 2.75) is 52.1 Å². The summed E-state index contributed by atoms with van der Waals surface area (Å²) in [4.78, 5) is 9.53. The van der Waals surface area contributed by atoms with Crippen LogP contribution in [0.3, 0.4) is 0 Å².